The molecule has 0 radical (unpaired) electrons. The summed E-state index contributed by atoms with van der Waals surface area (Å²) in [6.45, 7) is 2.90. The van der Waals surface area contributed by atoms with Gasteiger partial charge in [-0.25, -0.2) is 4.98 Å². The van der Waals surface area contributed by atoms with E-state index in [-0.39, 0.29) is 6.10 Å². The molecule has 1 aromatic heterocycles. The minimum Gasteiger partial charge on any atom is -0.371 e. The van der Waals surface area contributed by atoms with Crippen LogP contribution in [-0.4, -0.2) is 11.6 Å². The van der Waals surface area contributed by atoms with E-state index >= 15 is 0 Å². The van der Waals surface area contributed by atoms with E-state index in [1.807, 2.05) is 11.4 Å². The zero-order chi connectivity index (χ0) is 14.2. The van der Waals surface area contributed by atoms with Gasteiger partial charge in [-0.1, -0.05) is 37.3 Å². The van der Waals surface area contributed by atoms with Crippen LogP contribution in [-0.2, 0) is 17.0 Å². The van der Waals surface area contributed by atoms with Crippen LogP contribution >= 0.6 is 22.9 Å². The quantitative estimate of drug-likeness (QED) is 0.506. The van der Waals surface area contributed by atoms with Crippen LogP contribution < -0.4 is 0 Å². The minimum atomic E-state index is 0.104. The summed E-state index contributed by atoms with van der Waals surface area (Å²) in [7, 11) is 0. The molecule has 0 fully saturated rings. The van der Waals surface area contributed by atoms with E-state index in [9.17, 15) is 0 Å². The molecule has 0 bridgehead atoms. The molecule has 1 unspecified atom stereocenters. The van der Waals surface area contributed by atoms with E-state index in [1.54, 1.807) is 11.3 Å². The number of halogens is 1. The largest absolute Gasteiger partial charge is 0.371 e. The summed E-state index contributed by atoms with van der Waals surface area (Å²) in [5.74, 6) is 0.473. The molecule has 0 saturated heterocycles. The summed E-state index contributed by atoms with van der Waals surface area (Å²) in [6.07, 6.45) is 3.14. The molecule has 2 aromatic rings. The van der Waals surface area contributed by atoms with Gasteiger partial charge >= 0.3 is 0 Å². The minimum absolute atomic E-state index is 0.104. The molecule has 1 heterocycles. The molecule has 20 heavy (non-hydrogen) atoms. The van der Waals surface area contributed by atoms with Crippen molar-refractivity contribution in [1.29, 1.82) is 0 Å². The third-order valence-corrected chi connectivity index (χ3v) is 4.38. The van der Waals surface area contributed by atoms with Crippen molar-refractivity contribution >= 4 is 22.9 Å². The Morgan fingerprint density at radius 3 is 2.75 bits per heavy atom. The van der Waals surface area contributed by atoms with Gasteiger partial charge < -0.3 is 4.74 Å². The molecular formula is C16H20ClNOS. The smallest absolute Gasteiger partial charge is 0.122 e. The Kier molecular flexibility index (Phi) is 6.51. The number of alkyl halides is 1. The second kappa shape index (κ2) is 8.40. The first-order chi connectivity index (χ1) is 9.83. The van der Waals surface area contributed by atoms with Crippen molar-refractivity contribution < 1.29 is 4.74 Å². The number of nitrogens with zero attached hydrogens (tertiary/aromatic N) is 1. The topological polar surface area (TPSA) is 22.1 Å². The number of thiazole rings is 1. The maximum Gasteiger partial charge on any atom is 0.122 e. The van der Waals surface area contributed by atoms with Crippen LogP contribution in [0.3, 0.4) is 0 Å². The first kappa shape index (κ1) is 15.5. The zero-order valence-electron chi connectivity index (χ0n) is 11.7. The lowest BCUT2D eigenvalue weighted by Gasteiger charge is -2.13. The third-order valence-electron chi connectivity index (χ3n) is 3.12. The summed E-state index contributed by atoms with van der Waals surface area (Å²) >= 11 is 7.43. The van der Waals surface area contributed by atoms with E-state index < -0.39 is 0 Å². The summed E-state index contributed by atoms with van der Waals surface area (Å²) < 4.78 is 5.96. The predicted octanol–water partition coefficient (Wildman–Crippen LogP) is 4.98. The maximum absolute atomic E-state index is 5.96. The fourth-order valence-electron chi connectivity index (χ4n) is 2.04. The molecule has 2 nitrogen and oxygen atoms in total. The van der Waals surface area contributed by atoms with Crippen LogP contribution in [0.1, 0.15) is 42.1 Å². The second-order valence-corrected chi connectivity index (χ2v) is 5.82. The summed E-state index contributed by atoms with van der Waals surface area (Å²) in [4.78, 5) is 4.50. The number of ether oxygens (including phenoxy) is 1. The van der Waals surface area contributed by atoms with E-state index in [0.29, 0.717) is 5.88 Å². The van der Waals surface area contributed by atoms with Crippen molar-refractivity contribution in [2.45, 2.75) is 38.2 Å². The van der Waals surface area contributed by atoms with Gasteiger partial charge in [0.25, 0.3) is 0 Å². The van der Waals surface area contributed by atoms with Crippen LogP contribution in [0.15, 0.2) is 35.7 Å². The van der Waals surface area contributed by atoms with Gasteiger partial charge in [0.2, 0.25) is 0 Å². The average molecular weight is 310 g/mol. The fraction of sp³-hybridized carbons (Fsp3) is 0.438. The highest BCUT2D eigenvalue weighted by atomic mass is 35.5. The van der Waals surface area contributed by atoms with Crippen LogP contribution in [0.25, 0.3) is 0 Å². The molecule has 108 valence electrons. The molecular weight excluding hydrogens is 290 g/mol. The van der Waals surface area contributed by atoms with E-state index in [1.165, 1.54) is 5.56 Å². The molecule has 1 atom stereocenters. The zero-order valence-corrected chi connectivity index (χ0v) is 13.3. The molecule has 0 aliphatic heterocycles. The third kappa shape index (κ3) is 4.58. The van der Waals surface area contributed by atoms with Gasteiger partial charge in [-0.05, 0) is 24.8 Å². The van der Waals surface area contributed by atoms with E-state index in [0.717, 1.165) is 36.6 Å². The first-order valence-corrected chi connectivity index (χ1v) is 8.40. The molecule has 4 heteroatoms. The van der Waals surface area contributed by atoms with E-state index in [2.05, 4.69) is 36.2 Å². The highest BCUT2D eigenvalue weighted by molar-refractivity contribution is 7.09. The Bertz CT molecular complexity index is 500. The number of rotatable bonds is 8. The van der Waals surface area contributed by atoms with Gasteiger partial charge in [0.1, 0.15) is 11.1 Å². The van der Waals surface area contributed by atoms with Crippen molar-refractivity contribution in [1.82, 2.24) is 4.98 Å². The van der Waals surface area contributed by atoms with Crippen molar-refractivity contribution in [3.8, 4) is 0 Å². The lowest BCUT2D eigenvalue weighted by atomic mass is 10.1. The van der Waals surface area contributed by atoms with Crippen molar-refractivity contribution in [2.75, 3.05) is 6.61 Å². The van der Waals surface area contributed by atoms with Crippen molar-refractivity contribution in [2.24, 2.45) is 0 Å². The molecule has 1 aromatic carbocycles. The van der Waals surface area contributed by atoms with Gasteiger partial charge in [0.15, 0.2) is 0 Å². The van der Waals surface area contributed by atoms with Crippen LogP contribution in [0.4, 0.5) is 0 Å². The Labute approximate surface area is 129 Å². The van der Waals surface area contributed by atoms with Gasteiger partial charge in [0, 0.05) is 12.0 Å². The van der Waals surface area contributed by atoms with Gasteiger partial charge in [0.05, 0.1) is 11.6 Å². The average Bonchev–Trinajstić information content (AvgIpc) is 2.97. The number of hydrogen-bond donors (Lipinski definition) is 0. The molecule has 0 saturated carbocycles. The molecule has 0 spiro atoms. The van der Waals surface area contributed by atoms with Gasteiger partial charge in [-0.3, -0.25) is 0 Å². The summed E-state index contributed by atoms with van der Waals surface area (Å²) in [5.41, 5.74) is 2.31. The molecule has 0 aliphatic carbocycles. The summed E-state index contributed by atoms with van der Waals surface area (Å²) in [5, 5.41) is 3.06. The Hall–Kier alpha value is -0.900. The Morgan fingerprint density at radius 1 is 1.30 bits per heavy atom. The molecule has 2 rings (SSSR count). The standard InChI is InChI=1S/C16H20ClNOS/c1-2-15(16-18-14(11-17)12-20-16)19-10-6-9-13-7-4-3-5-8-13/h3-5,7-8,12,15H,2,6,9-11H2,1H3. The highest BCUT2D eigenvalue weighted by Gasteiger charge is 2.13. The molecule has 0 N–H and O–H groups in total. The van der Waals surface area contributed by atoms with E-state index in [4.69, 9.17) is 16.3 Å². The highest BCUT2D eigenvalue weighted by Crippen LogP contribution is 2.25. The Balaban J connectivity index is 1.76. The lowest BCUT2D eigenvalue weighted by molar-refractivity contribution is 0.0483. The van der Waals surface area contributed by atoms with Gasteiger partial charge in [-0.15, -0.1) is 22.9 Å². The SMILES string of the molecule is CCC(OCCCc1ccccc1)c1nc(CCl)cs1. The monoisotopic (exact) mass is 309 g/mol. The predicted molar refractivity (Wildman–Crippen MR) is 85.4 cm³/mol. The van der Waals surface area contributed by atoms with Crippen molar-refractivity contribution in [3.63, 3.8) is 0 Å². The van der Waals surface area contributed by atoms with Crippen LogP contribution in [0.5, 0.6) is 0 Å². The lowest BCUT2D eigenvalue weighted by Crippen LogP contribution is -2.05. The number of hydrogen-bond acceptors (Lipinski definition) is 3. The maximum atomic E-state index is 5.96. The summed E-state index contributed by atoms with van der Waals surface area (Å²) in [6, 6.07) is 10.5. The number of aryl methyl sites for hydroxylation is 1. The van der Waals surface area contributed by atoms with Crippen LogP contribution in [0, 0.1) is 0 Å². The van der Waals surface area contributed by atoms with Gasteiger partial charge in [-0.2, -0.15) is 0 Å². The van der Waals surface area contributed by atoms with Crippen LogP contribution in [0.2, 0.25) is 0 Å². The molecule has 0 amide bonds. The van der Waals surface area contributed by atoms with Crippen molar-refractivity contribution in [3.05, 3.63) is 52.0 Å². The molecule has 0 aliphatic rings. The Morgan fingerprint density at radius 2 is 2.10 bits per heavy atom. The first-order valence-electron chi connectivity index (χ1n) is 6.99. The normalized spacial score (nSPS) is 12.5. The number of benzene rings is 1. The fourth-order valence-corrected chi connectivity index (χ4v) is 3.22. The second-order valence-electron chi connectivity index (χ2n) is 4.67. The number of aromatic nitrogens is 1.